The van der Waals surface area contributed by atoms with Gasteiger partial charge in [0.25, 0.3) is 0 Å². The smallest absolute Gasteiger partial charge is 0.410 e. The Morgan fingerprint density at radius 2 is 1.25 bits per heavy atom. The number of aromatic nitrogens is 1. The number of benzene rings is 6. The number of carbonyl (C=O) groups excluding carboxylic acids is 8. The van der Waals surface area contributed by atoms with Gasteiger partial charge in [0.2, 0.25) is 29.5 Å². The highest BCUT2D eigenvalue weighted by Gasteiger charge is 2.48. The van der Waals surface area contributed by atoms with Gasteiger partial charge in [-0.25, -0.2) is 14.4 Å². The summed E-state index contributed by atoms with van der Waals surface area (Å²) in [7, 11) is 3.04. The van der Waals surface area contributed by atoms with Crippen LogP contribution in [0.1, 0.15) is 151 Å². The van der Waals surface area contributed by atoms with Crippen molar-refractivity contribution in [2.24, 2.45) is 10.8 Å². The van der Waals surface area contributed by atoms with Crippen molar-refractivity contribution in [3.8, 4) is 11.1 Å². The fourth-order valence-corrected chi connectivity index (χ4v) is 14.5. The van der Waals surface area contributed by atoms with Crippen LogP contribution in [-0.4, -0.2) is 148 Å². The molecular formula is C80H95N9O11. The van der Waals surface area contributed by atoms with Gasteiger partial charge in [-0.2, -0.15) is 0 Å². The van der Waals surface area contributed by atoms with Crippen molar-refractivity contribution in [1.82, 2.24) is 45.4 Å². The van der Waals surface area contributed by atoms with E-state index in [1.54, 1.807) is 50.8 Å². The Bertz CT molecular complexity index is 4160. The molecule has 7 aromatic rings. The maximum Gasteiger partial charge on any atom is 0.410 e. The Hall–Kier alpha value is -9.82. The molecule has 0 spiro atoms. The molecule has 11 rings (SSSR count). The minimum absolute atomic E-state index is 0.0488. The largest absolute Gasteiger partial charge is 0.449 e. The summed E-state index contributed by atoms with van der Waals surface area (Å²) in [5.41, 5.74) is 7.79. The second kappa shape index (κ2) is 29.6. The van der Waals surface area contributed by atoms with Gasteiger partial charge in [0.15, 0.2) is 0 Å². The van der Waals surface area contributed by atoms with Gasteiger partial charge in [-0.1, -0.05) is 175 Å². The zero-order valence-corrected chi connectivity index (χ0v) is 59.5. The van der Waals surface area contributed by atoms with Gasteiger partial charge in [0, 0.05) is 57.7 Å². The lowest BCUT2D eigenvalue weighted by atomic mass is 9.84. The average Bonchev–Trinajstić information content (AvgIpc) is 1.40. The Labute approximate surface area is 586 Å². The molecule has 20 heteroatoms. The second-order valence-electron chi connectivity index (χ2n) is 30.3. The number of hydrogen-bond donors (Lipinski definition) is 4. The Morgan fingerprint density at radius 1 is 0.650 bits per heavy atom. The molecule has 526 valence electrons. The zero-order chi connectivity index (χ0) is 71.5. The van der Waals surface area contributed by atoms with Crippen LogP contribution in [0.5, 0.6) is 0 Å². The number of nitrogens with zero attached hydrogens (tertiary/aromatic N) is 5. The van der Waals surface area contributed by atoms with E-state index in [1.165, 1.54) is 21.4 Å². The standard InChI is InChI=1S/C80H95N9O11/c1-49(85(11)77(97)100-80(8,9)10)70(90)83-68(78(2,3)4)73(93)89-46-56(43-65(89)71(91)82-63-36-24-30-51-25-18-19-31-57(51)63)81-75(95)86-40-39-54-41-50(37-38-64(54)86)44-87(67(48-98-12)52-26-14-13-15-27-52)72(92)66-42-53-28-16-17-29-55(53)45-88(66)74(94)69(79(5,6)7)84-76(96)99-47-62-60-34-22-20-32-58(60)59-33-21-23-35-61(59)62/h13-23,25-29,31-35,37-41,49,56,62-63,65-69H,24,30,36,42-48H2,1-12H3,(H,81,95)(H,82,91)(H,83,90)(H,84,96)/t49-,56-,63+,65-,66-,67+,68+,69+/m0/s1. The summed E-state index contributed by atoms with van der Waals surface area (Å²) in [6.07, 6.45) is 2.89. The van der Waals surface area contributed by atoms with Crippen molar-refractivity contribution in [2.45, 2.75) is 174 Å². The fraction of sp³-hybridized carbons (Fsp3) is 0.425. The minimum Gasteiger partial charge on any atom is -0.449 e. The molecule has 100 heavy (non-hydrogen) atoms. The van der Waals surface area contributed by atoms with Crippen LogP contribution in [0.4, 0.5) is 14.4 Å². The fourth-order valence-electron chi connectivity index (χ4n) is 14.5. The molecule has 8 amide bonds. The first-order valence-corrected chi connectivity index (χ1v) is 34.8. The summed E-state index contributed by atoms with van der Waals surface area (Å²) >= 11 is 0. The minimum atomic E-state index is -1.16. The molecular weight excluding hydrogens is 1260 g/mol. The van der Waals surface area contributed by atoms with Gasteiger partial charge >= 0.3 is 18.2 Å². The van der Waals surface area contributed by atoms with Crippen molar-refractivity contribution in [3.05, 3.63) is 202 Å². The molecule has 2 aliphatic heterocycles. The number of ether oxygens (including phenoxy) is 3. The SMILES string of the molecule is COC[C@H](c1ccccc1)N(Cc1ccc2c(ccn2C(=O)N[C@H]2C[C@@H](C(=O)N[C@@H]3CCCc4ccccc43)N(C(=O)[C@@H](NC(=O)[C@H](C)N(C)C(=O)OC(C)(C)C)C(C)(C)C)C2)c1)C(=O)[C@@H]1Cc2ccccc2CN1C(=O)[C@@H](NC(=O)OCC1c2ccccc2-c2ccccc21)C(C)(C)C. The van der Waals surface area contributed by atoms with E-state index in [-0.39, 0.29) is 69.5 Å². The number of likely N-dealkylation sites (tertiary alicyclic amines) is 1. The van der Waals surface area contributed by atoms with E-state index in [2.05, 4.69) is 39.5 Å². The number of amides is 8. The van der Waals surface area contributed by atoms with Crippen molar-refractivity contribution in [2.75, 3.05) is 33.9 Å². The molecule has 6 aromatic carbocycles. The highest BCUT2D eigenvalue weighted by molar-refractivity contribution is 5.97. The lowest BCUT2D eigenvalue weighted by molar-refractivity contribution is -0.152. The third kappa shape index (κ3) is 15.6. The van der Waals surface area contributed by atoms with E-state index in [0.717, 1.165) is 68.5 Å². The van der Waals surface area contributed by atoms with Crippen molar-refractivity contribution in [3.63, 3.8) is 0 Å². The van der Waals surface area contributed by atoms with Gasteiger partial charge in [0.05, 0.1) is 30.2 Å². The van der Waals surface area contributed by atoms with Crippen molar-refractivity contribution >= 4 is 58.7 Å². The number of alkyl carbamates (subject to hydrolysis) is 1. The summed E-state index contributed by atoms with van der Waals surface area (Å²) < 4.78 is 19.0. The van der Waals surface area contributed by atoms with E-state index in [9.17, 15) is 24.0 Å². The highest BCUT2D eigenvalue weighted by Crippen LogP contribution is 2.45. The number of fused-ring (bicyclic) bond motifs is 6. The predicted molar refractivity (Wildman–Crippen MR) is 382 cm³/mol. The highest BCUT2D eigenvalue weighted by atomic mass is 16.6. The number of methoxy groups -OCH3 is 1. The number of aryl methyl sites for hydroxylation is 1. The number of rotatable bonds is 18. The van der Waals surface area contributed by atoms with Crippen LogP contribution in [0.2, 0.25) is 0 Å². The van der Waals surface area contributed by atoms with E-state index < -0.39 is 94.7 Å². The van der Waals surface area contributed by atoms with Gasteiger partial charge in [0.1, 0.15) is 42.4 Å². The molecule has 2 aliphatic carbocycles. The first kappa shape index (κ1) is 71.5. The normalized spacial score (nSPS) is 18.6. The summed E-state index contributed by atoms with van der Waals surface area (Å²) in [5, 5.41) is 13.0. The second-order valence-corrected chi connectivity index (χ2v) is 30.3. The zero-order valence-electron chi connectivity index (χ0n) is 59.5. The van der Waals surface area contributed by atoms with Crippen LogP contribution in [-0.2, 0) is 64.1 Å². The number of nitrogens with one attached hydrogen (secondary N) is 4. The van der Waals surface area contributed by atoms with Crippen molar-refractivity contribution in [1.29, 1.82) is 0 Å². The molecule has 4 aliphatic rings. The number of likely N-dealkylation sites (N-methyl/N-ethyl adjacent to an activating group) is 1. The Morgan fingerprint density at radius 3 is 1.90 bits per heavy atom. The van der Waals surface area contributed by atoms with Crippen LogP contribution in [0.25, 0.3) is 22.0 Å². The average molecular weight is 1360 g/mol. The maximum atomic E-state index is 16.1. The first-order valence-electron chi connectivity index (χ1n) is 34.8. The summed E-state index contributed by atoms with van der Waals surface area (Å²) in [5.74, 6) is -2.49. The molecule has 0 saturated carbocycles. The van der Waals surface area contributed by atoms with Crippen LogP contribution < -0.4 is 21.3 Å². The Balaban J connectivity index is 0.847. The van der Waals surface area contributed by atoms with Crippen molar-refractivity contribution < 1.29 is 52.6 Å². The van der Waals surface area contributed by atoms with Gasteiger partial charge < -0.3 is 50.2 Å². The molecule has 4 N–H and O–H groups in total. The predicted octanol–water partition coefficient (Wildman–Crippen LogP) is 11.8. The molecule has 8 atom stereocenters. The van der Waals surface area contributed by atoms with E-state index in [0.29, 0.717) is 17.3 Å². The molecule has 0 unspecified atom stereocenters. The van der Waals surface area contributed by atoms with Gasteiger partial charge in [-0.15, -0.1) is 0 Å². The van der Waals surface area contributed by atoms with E-state index >= 15 is 14.4 Å². The molecule has 1 fully saturated rings. The molecule has 0 radical (unpaired) electrons. The van der Waals surface area contributed by atoms with Crippen LogP contribution in [0.15, 0.2) is 158 Å². The monoisotopic (exact) mass is 1360 g/mol. The number of hydrogen-bond acceptors (Lipinski definition) is 11. The van der Waals surface area contributed by atoms with Crippen LogP contribution in [0, 0.1) is 10.8 Å². The van der Waals surface area contributed by atoms with Gasteiger partial charge in [-0.3, -0.25) is 33.4 Å². The van der Waals surface area contributed by atoms with E-state index in [4.69, 9.17) is 14.2 Å². The topological polar surface area (TPSA) is 230 Å². The summed E-state index contributed by atoms with van der Waals surface area (Å²) in [6.45, 7) is 18.1. The lowest BCUT2D eigenvalue weighted by Gasteiger charge is -2.43. The number of carbonyl (C=O) groups is 8. The summed E-state index contributed by atoms with van der Waals surface area (Å²) in [4.78, 5) is 124. The third-order valence-corrected chi connectivity index (χ3v) is 20.0. The lowest BCUT2D eigenvalue weighted by Crippen LogP contribution is -2.61. The molecule has 3 heterocycles. The van der Waals surface area contributed by atoms with Crippen LogP contribution in [0.3, 0.4) is 0 Å². The first-order chi connectivity index (χ1) is 47.6. The van der Waals surface area contributed by atoms with E-state index in [1.807, 2.05) is 175 Å². The molecule has 0 bridgehead atoms. The van der Waals surface area contributed by atoms with Crippen LogP contribution >= 0.6 is 0 Å². The maximum absolute atomic E-state index is 16.1. The summed E-state index contributed by atoms with van der Waals surface area (Å²) in [6, 6.07) is 41.4. The molecule has 20 nitrogen and oxygen atoms in total. The Kier molecular flexibility index (Phi) is 21.1. The third-order valence-electron chi connectivity index (χ3n) is 20.0. The van der Waals surface area contributed by atoms with Gasteiger partial charge in [-0.05, 0) is 138 Å². The molecule has 1 aromatic heterocycles. The molecule has 1 saturated heterocycles. The quantitative estimate of drug-likeness (QED) is 0.0631.